The van der Waals surface area contributed by atoms with Crippen molar-refractivity contribution in [2.75, 3.05) is 0 Å². The molecule has 0 aromatic carbocycles. The third kappa shape index (κ3) is 4.13. The first-order chi connectivity index (χ1) is 8.00. The number of nitrogens with zero attached hydrogens (tertiary/aromatic N) is 1. The number of rotatable bonds is 5. The van der Waals surface area contributed by atoms with E-state index in [1.54, 1.807) is 26.2 Å². The van der Waals surface area contributed by atoms with Gasteiger partial charge in [-0.1, -0.05) is 13.8 Å². The molecule has 1 unspecified atom stereocenters. The smallest absolute Gasteiger partial charge is 0.326 e. The molecule has 1 aromatic rings. The lowest BCUT2D eigenvalue weighted by Gasteiger charge is -2.17. The Labute approximate surface area is 98.6 Å². The minimum atomic E-state index is -1.05. The summed E-state index contributed by atoms with van der Waals surface area (Å²) in [6.07, 6.45) is 3.21. The summed E-state index contributed by atoms with van der Waals surface area (Å²) in [5.74, 6) is -0.619. The van der Waals surface area contributed by atoms with Crippen LogP contribution in [0, 0.1) is 5.92 Å². The van der Waals surface area contributed by atoms with Crippen LogP contribution >= 0.6 is 0 Å². The normalized spacial score (nSPS) is 12.2. The van der Waals surface area contributed by atoms with E-state index >= 15 is 0 Å². The van der Waals surface area contributed by atoms with Gasteiger partial charge in [-0.25, -0.2) is 14.6 Å². The Balaban J connectivity index is 2.40. The van der Waals surface area contributed by atoms with E-state index in [4.69, 9.17) is 5.11 Å². The molecule has 7 heteroatoms. The molecule has 0 aliphatic carbocycles. The quantitative estimate of drug-likeness (QED) is 0.594. The molecule has 17 heavy (non-hydrogen) atoms. The van der Waals surface area contributed by atoms with E-state index in [-0.39, 0.29) is 12.5 Å². The standard InChI is InChI=1S/C10H16N4O3/c1-6(2)8(9(15)16)14-10(17)13-5-7-11-3-4-12-7/h3-4,6,8H,5H2,1-2H3,(H,11,12)(H,15,16)(H2,13,14,17). The number of hydrogen-bond donors (Lipinski definition) is 4. The molecule has 0 bridgehead atoms. The van der Waals surface area contributed by atoms with E-state index in [1.807, 2.05) is 0 Å². The van der Waals surface area contributed by atoms with Gasteiger partial charge < -0.3 is 20.7 Å². The molecule has 7 nitrogen and oxygen atoms in total. The van der Waals surface area contributed by atoms with E-state index in [0.29, 0.717) is 5.82 Å². The zero-order chi connectivity index (χ0) is 12.8. The van der Waals surface area contributed by atoms with Gasteiger partial charge in [0.2, 0.25) is 0 Å². The number of carboxylic acid groups (broad SMARTS) is 1. The lowest BCUT2D eigenvalue weighted by molar-refractivity contribution is -0.140. The summed E-state index contributed by atoms with van der Waals surface area (Å²) in [6, 6.07) is -1.42. The second-order valence-corrected chi connectivity index (χ2v) is 3.92. The Morgan fingerprint density at radius 2 is 2.24 bits per heavy atom. The first kappa shape index (κ1) is 13.0. The van der Waals surface area contributed by atoms with E-state index < -0.39 is 18.0 Å². The maximum Gasteiger partial charge on any atom is 0.326 e. The van der Waals surface area contributed by atoms with Crippen LogP contribution in [0.3, 0.4) is 0 Å². The number of aliphatic carboxylic acids is 1. The van der Waals surface area contributed by atoms with Crippen molar-refractivity contribution < 1.29 is 14.7 Å². The number of nitrogens with one attached hydrogen (secondary N) is 3. The first-order valence-electron chi connectivity index (χ1n) is 5.26. The van der Waals surface area contributed by atoms with Gasteiger partial charge in [-0.3, -0.25) is 0 Å². The van der Waals surface area contributed by atoms with Crippen molar-refractivity contribution in [1.29, 1.82) is 0 Å². The fraction of sp³-hybridized carbons (Fsp3) is 0.500. The number of urea groups is 1. The second kappa shape index (κ2) is 5.88. The number of hydrogen-bond acceptors (Lipinski definition) is 3. The van der Waals surface area contributed by atoms with E-state index in [2.05, 4.69) is 20.6 Å². The number of aromatic nitrogens is 2. The van der Waals surface area contributed by atoms with Crippen molar-refractivity contribution in [3.05, 3.63) is 18.2 Å². The van der Waals surface area contributed by atoms with Gasteiger partial charge in [-0.2, -0.15) is 0 Å². The molecule has 0 aliphatic rings. The summed E-state index contributed by atoms with van der Waals surface area (Å²) in [5.41, 5.74) is 0. The molecule has 94 valence electrons. The molecule has 4 N–H and O–H groups in total. The molecule has 2 amide bonds. The molecular formula is C10H16N4O3. The van der Waals surface area contributed by atoms with Gasteiger partial charge in [0.15, 0.2) is 0 Å². The summed E-state index contributed by atoms with van der Waals surface area (Å²) in [4.78, 5) is 29.0. The molecule has 0 fully saturated rings. The monoisotopic (exact) mass is 240 g/mol. The lowest BCUT2D eigenvalue weighted by Crippen LogP contribution is -2.48. The van der Waals surface area contributed by atoms with Gasteiger partial charge in [-0.05, 0) is 5.92 Å². The lowest BCUT2D eigenvalue weighted by atomic mass is 10.1. The second-order valence-electron chi connectivity index (χ2n) is 3.92. The Bertz CT molecular complexity index is 375. The number of imidazole rings is 1. The SMILES string of the molecule is CC(C)C(NC(=O)NCc1ncc[nH]1)C(=O)O. The number of carboxylic acids is 1. The van der Waals surface area contributed by atoms with Gasteiger partial charge in [0.05, 0.1) is 6.54 Å². The maximum atomic E-state index is 11.4. The molecule has 0 radical (unpaired) electrons. The van der Waals surface area contributed by atoms with Crippen LogP contribution in [-0.4, -0.2) is 33.1 Å². The van der Waals surface area contributed by atoms with Crippen LogP contribution in [0.15, 0.2) is 12.4 Å². The number of amides is 2. The van der Waals surface area contributed by atoms with Gasteiger partial charge in [-0.15, -0.1) is 0 Å². The van der Waals surface area contributed by atoms with Crippen molar-refractivity contribution in [3.63, 3.8) is 0 Å². The third-order valence-corrected chi connectivity index (χ3v) is 2.19. The van der Waals surface area contributed by atoms with Crippen molar-refractivity contribution in [1.82, 2.24) is 20.6 Å². The highest BCUT2D eigenvalue weighted by Crippen LogP contribution is 2.01. The van der Waals surface area contributed by atoms with Crippen molar-refractivity contribution in [2.24, 2.45) is 5.92 Å². The van der Waals surface area contributed by atoms with Crippen LogP contribution in [0.2, 0.25) is 0 Å². The fourth-order valence-electron chi connectivity index (χ4n) is 1.26. The van der Waals surface area contributed by atoms with Crippen molar-refractivity contribution in [3.8, 4) is 0 Å². The summed E-state index contributed by atoms with van der Waals surface area (Å²) < 4.78 is 0. The highest BCUT2D eigenvalue weighted by Gasteiger charge is 2.23. The number of H-pyrrole nitrogens is 1. The van der Waals surface area contributed by atoms with Gasteiger partial charge in [0.25, 0.3) is 0 Å². The average Bonchev–Trinajstić information content (AvgIpc) is 2.74. The number of carbonyl (C=O) groups excluding carboxylic acids is 1. The molecule has 1 aromatic heterocycles. The third-order valence-electron chi connectivity index (χ3n) is 2.19. The predicted octanol–water partition coefficient (Wildman–Crippen LogP) is 0.318. The van der Waals surface area contributed by atoms with Crippen LogP contribution in [-0.2, 0) is 11.3 Å². The first-order valence-corrected chi connectivity index (χ1v) is 5.26. The Morgan fingerprint density at radius 3 is 2.71 bits per heavy atom. The highest BCUT2D eigenvalue weighted by atomic mass is 16.4. The van der Waals surface area contributed by atoms with Crippen molar-refractivity contribution >= 4 is 12.0 Å². The maximum absolute atomic E-state index is 11.4. The number of carbonyl (C=O) groups is 2. The zero-order valence-electron chi connectivity index (χ0n) is 9.73. The molecule has 1 atom stereocenters. The molecule has 0 spiro atoms. The van der Waals surface area contributed by atoms with Gasteiger partial charge >= 0.3 is 12.0 Å². The topological polar surface area (TPSA) is 107 Å². The average molecular weight is 240 g/mol. The molecule has 0 aliphatic heterocycles. The van der Waals surface area contributed by atoms with Crippen LogP contribution in [0.1, 0.15) is 19.7 Å². The van der Waals surface area contributed by atoms with Gasteiger partial charge in [0, 0.05) is 12.4 Å². The number of aromatic amines is 1. The molecule has 0 saturated carbocycles. The van der Waals surface area contributed by atoms with E-state index in [9.17, 15) is 9.59 Å². The Morgan fingerprint density at radius 1 is 1.53 bits per heavy atom. The molecule has 1 heterocycles. The van der Waals surface area contributed by atoms with Crippen LogP contribution in [0.5, 0.6) is 0 Å². The summed E-state index contributed by atoms with van der Waals surface area (Å²) in [6.45, 7) is 3.68. The summed E-state index contributed by atoms with van der Waals surface area (Å²) in [7, 11) is 0. The Kier molecular flexibility index (Phi) is 4.50. The fourth-order valence-corrected chi connectivity index (χ4v) is 1.26. The minimum absolute atomic E-state index is 0.179. The van der Waals surface area contributed by atoms with Crippen LogP contribution < -0.4 is 10.6 Å². The Hall–Kier alpha value is -2.05. The van der Waals surface area contributed by atoms with Gasteiger partial charge in [0.1, 0.15) is 11.9 Å². The zero-order valence-corrected chi connectivity index (χ0v) is 9.73. The van der Waals surface area contributed by atoms with Crippen LogP contribution in [0.4, 0.5) is 4.79 Å². The predicted molar refractivity (Wildman–Crippen MR) is 60.2 cm³/mol. The van der Waals surface area contributed by atoms with Crippen LogP contribution in [0.25, 0.3) is 0 Å². The van der Waals surface area contributed by atoms with E-state index in [1.165, 1.54) is 0 Å². The minimum Gasteiger partial charge on any atom is -0.480 e. The summed E-state index contributed by atoms with van der Waals surface area (Å²) >= 11 is 0. The molecular weight excluding hydrogens is 224 g/mol. The van der Waals surface area contributed by atoms with Crippen molar-refractivity contribution in [2.45, 2.75) is 26.4 Å². The van der Waals surface area contributed by atoms with E-state index in [0.717, 1.165) is 0 Å². The molecule has 0 saturated heterocycles. The highest BCUT2D eigenvalue weighted by molar-refractivity contribution is 5.82. The molecule has 1 rings (SSSR count). The summed E-state index contributed by atoms with van der Waals surface area (Å²) in [5, 5.41) is 13.8. The largest absolute Gasteiger partial charge is 0.480 e.